The highest BCUT2D eigenvalue weighted by Gasteiger charge is 2.18. The molecule has 0 unspecified atom stereocenters. The first kappa shape index (κ1) is 23.1. The number of aromatic nitrogens is 5. The first-order chi connectivity index (χ1) is 18.6. The Hall–Kier alpha value is -4.08. The van der Waals surface area contributed by atoms with Crippen LogP contribution in [-0.4, -0.2) is 44.3 Å². The standard InChI is InChI=1S/C29H25FN6OS/c1-16-2-3-20(26-4-5-27(30)38-26)21-11-24(34-28(16)21)29-22-12-23(33-15-25(22)35-36-29)17-10-19(14-32-13-17)37-18-6-8-31-9-7-18/h2-5,10-15,18,31,34H,6-9H2,1H3,(H,35,36). The Morgan fingerprint density at radius 3 is 2.74 bits per heavy atom. The molecule has 5 aromatic heterocycles. The average Bonchev–Trinajstić information content (AvgIpc) is 3.68. The van der Waals surface area contributed by atoms with Crippen LogP contribution in [0, 0.1) is 12.1 Å². The van der Waals surface area contributed by atoms with Crippen LogP contribution in [-0.2, 0) is 0 Å². The maximum absolute atomic E-state index is 13.8. The number of hydrogen-bond donors (Lipinski definition) is 3. The van der Waals surface area contributed by atoms with Gasteiger partial charge in [0.25, 0.3) is 0 Å². The molecule has 0 spiro atoms. The van der Waals surface area contributed by atoms with Gasteiger partial charge < -0.3 is 15.0 Å². The van der Waals surface area contributed by atoms with Crippen molar-refractivity contribution in [2.75, 3.05) is 13.1 Å². The van der Waals surface area contributed by atoms with Crippen LogP contribution < -0.4 is 10.1 Å². The van der Waals surface area contributed by atoms with E-state index in [9.17, 15) is 4.39 Å². The van der Waals surface area contributed by atoms with E-state index in [-0.39, 0.29) is 11.2 Å². The lowest BCUT2D eigenvalue weighted by Gasteiger charge is -2.23. The van der Waals surface area contributed by atoms with Gasteiger partial charge in [0.05, 0.1) is 29.3 Å². The molecule has 0 bridgehead atoms. The molecule has 6 aromatic rings. The quantitative estimate of drug-likeness (QED) is 0.240. The number of pyridine rings is 2. The number of rotatable bonds is 5. The summed E-state index contributed by atoms with van der Waals surface area (Å²) >= 11 is 1.15. The Morgan fingerprint density at radius 2 is 1.89 bits per heavy atom. The lowest BCUT2D eigenvalue weighted by molar-refractivity contribution is 0.162. The second kappa shape index (κ2) is 9.34. The first-order valence-electron chi connectivity index (χ1n) is 12.7. The third-order valence-corrected chi connectivity index (χ3v) is 8.05. The minimum atomic E-state index is -0.192. The van der Waals surface area contributed by atoms with Crippen molar-refractivity contribution in [1.82, 2.24) is 30.5 Å². The van der Waals surface area contributed by atoms with Crippen LogP contribution in [0.15, 0.2) is 61.1 Å². The number of fused-ring (bicyclic) bond motifs is 2. The summed E-state index contributed by atoms with van der Waals surface area (Å²) in [6, 6.07) is 13.6. The van der Waals surface area contributed by atoms with E-state index in [0.717, 1.165) is 103 Å². The van der Waals surface area contributed by atoms with Gasteiger partial charge in [-0.1, -0.05) is 12.1 Å². The van der Waals surface area contributed by atoms with E-state index in [1.54, 1.807) is 12.4 Å². The molecule has 9 heteroatoms. The summed E-state index contributed by atoms with van der Waals surface area (Å²) in [7, 11) is 0. The number of halogens is 1. The summed E-state index contributed by atoms with van der Waals surface area (Å²) in [6.45, 7) is 4.01. The number of ether oxygens (including phenoxy) is 1. The molecule has 0 aliphatic carbocycles. The summed E-state index contributed by atoms with van der Waals surface area (Å²) in [5, 5.41) is 12.9. The summed E-state index contributed by atoms with van der Waals surface area (Å²) in [6.07, 6.45) is 7.54. The summed E-state index contributed by atoms with van der Waals surface area (Å²) in [5.74, 6) is 0.757. The van der Waals surface area contributed by atoms with Gasteiger partial charge >= 0.3 is 0 Å². The fourth-order valence-electron chi connectivity index (χ4n) is 5.17. The monoisotopic (exact) mass is 524 g/mol. The van der Waals surface area contributed by atoms with Crippen LogP contribution in [0.4, 0.5) is 4.39 Å². The molecule has 1 aromatic carbocycles. The number of hydrogen-bond acceptors (Lipinski definition) is 6. The molecule has 190 valence electrons. The number of benzene rings is 1. The maximum Gasteiger partial charge on any atom is 0.176 e. The molecular weight excluding hydrogens is 499 g/mol. The van der Waals surface area contributed by atoms with Gasteiger partial charge in [0.1, 0.15) is 17.5 Å². The van der Waals surface area contributed by atoms with E-state index in [1.165, 1.54) is 6.07 Å². The highest BCUT2D eigenvalue weighted by Crippen LogP contribution is 2.38. The number of piperidine rings is 1. The number of nitrogens with one attached hydrogen (secondary N) is 3. The second-order valence-corrected chi connectivity index (χ2v) is 10.7. The zero-order chi connectivity index (χ0) is 25.6. The third-order valence-electron chi connectivity index (χ3n) is 7.14. The van der Waals surface area contributed by atoms with E-state index in [1.807, 2.05) is 24.4 Å². The van der Waals surface area contributed by atoms with Crippen molar-refractivity contribution in [3.63, 3.8) is 0 Å². The molecule has 0 amide bonds. The van der Waals surface area contributed by atoms with Crippen molar-refractivity contribution in [1.29, 1.82) is 0 Å². The molecule has 7 nitrogen and oxygen atoms in total. The van der Waals surface area contributed by atoms with Crippen molar-refractivity contribution in [2.45, 2.75) is 25.9 Å². The lowest BCUT2D eigenvalue weighted by Crippen LogP contribution is -2.34. The molecule has 3 N–H and O–H groups in total. The van der Waals surface area contributed by atoms with Crippen LogP contribution >= 0.6 is 11.3 Å². The Balaban J connectivity index is 1.28. The van der Waals surface area contributed by atoms with Gasteiger partial charge in [-0.05, 0) is 68.8 Å². The molecule has 38 heavy (non-hydrogen) atoms. The van der Waals surface area contributed by atoms with Crippen LogP contribution in [0.3, 0.4) is 0 Å². The Morgan fingerprint density at radius 1 is 1.00 bits per heavy atom. The molecule has 1 aliphatic rings. The van der Waals surface area contributed by atoms with Crippen LogP contribution in [0.1, 0.15) is 18.4 Å². The topological polar surface area (TPSA) is 91.5 Å². The van der Waals surface area contributed by atoms with Gasteiger partial charge in [-0.25, -0.2) is 0 Å². The SMILES string of the molecule is Cc1ccc(-c2ccc(F)s2)c2cc(-c3n[nH]c4cnc(-c5cncc(OC6CCNCC6)c5)cc34)[nH]c12. The zero-order valence-electron chi connectivity index (χ0n) is 20.7. The van der Waals surface area contributed by atoms with E-state index >= 15 is 0 Å². The number of H-pyrrole nitrogens is 2. The highest BCUT2D eigenvalue weighted by molar-refractivity contribution is 7.14. The largest absolute Gasteiger partial charge is 0.489 e. The molecule has 0 atom stereocenters. The fourth-order valence-corrected chi connectivity index (χ4v) is 5.94. The fraction of sp³-hybridized carbons (Fsp3) is 0.207. The lowest BCUT2D eigenvalue weighted by atomic mass is 10.0. The highest BCUT2D eigenvalue weighted by atomic mass is 32.1. The molecule has 7 rings (SSSR count). The number of thiophene rings is 1. The number of aromatic amines is 2. The van der Waals surface area contributed by atoms with Crippen LogP contribution in [0.5, 0.6) is 5.75 Å². The van der Waals surface area contributed by atoms with E-state index < -0.39 is 0 Å². The molecular formula is C29H25FN6OS. The summed E-state index contributed by atoms with van der Waals surface area (Å²) in [5.41, 5.74) is 7.35. The Kier molecular flexibility index (Phi) is 5.67. The number of nitrogens with zero attached hydrogens (tertiary/aromatic N) is 3. The van der Waals surface area contributed by atoms with Gasteiger partial charge in [-0.3, -0.25) is 15.1 Å². The van der Waals surface area contributed by atoms with E-state index in [2.05, 4.69) is 55.6 Å². The van der Waals surface area contributed by atoms with Crippen molar-refractivity contribution in [3.05, 3.63) is 71.7 Å². The predicted octanol–water partition coefficient (Wildman–Crippen LogP) is 6.48. The Bertz CT molecular complexity index is 1780. The maximum atomic E-state index is 13.8. The summed E-state index contributed by atoms with van der Waals surface area (Å²) in [4.78, 5) is 13.5. The van der Waals surface area contributed by atoms with E-state index in [4.69, 9.17) is 4.74 Å². The first-order valence-corrected chi connectivity index (χ1v) is 13.5. The minimum Gasteiger partial charge on any atom is -0.489 e. The Labute approximate surface area is 222 Å². The smallest absolute Gasteiger partial charge is 0.176 e. The molecule has 1 aliphatic heterocycles. The molecule has 0 radical (unpaired) electrons. The van der Waals surface area contributed by atoms with Crippen LogP contribution in [0.25, 0.3) is 54.9 Å². The normalized spacial score (nSPS) is 14.5. The molecule has 0 saturated carbocycles. The summed E-state index contributed by atoms with van der Waals surface area (Å²) < 4.78 is 20.0. The number of aryl methyl sites for hydroxylation is 1. The van der Waals surface area contributed by atoms with Gasteiger partial charge in [0.15, 0.2) is 5.13 Å². The molecule has 6 heterocycles. The zero-order valence-corrected chi connectivity index (χ0v) is 21.5. The van der Waals surface area contributed by atoms with Gasteiger partial charge in [-0.15, -0.1) is 11.3 Å². The van der Waals surface area contributed by atoms with E-state index in [0.29, 0.717) is 0 Å². The van der Waals surface area contributed by atoms with Crippen LogP contribution in [0.2, 0.25) is 0 Å². The van der Waals surface area contributed by atoms with Crippen molar-refractivity contribution in [3.8, 4) is 38.8 Å². The van der Waals surface area contributed by atoms with Gasteiger partial charge in [0, 0.05) is 38.5 Å². The molecule has 1 fully saturated rings. The van der Waals surface area contributed by atoms with Crippen molar-refractivity contribution in [2.24, 2.45) is 0 Å². The van der Waals surface area contributed by atoms with Crippen molar-refractivity contribution >= 4 is 33.1 Å². The molecule has 1 saturated heterocycles. The minimum absolute atomic E-state index is 0.192. The average molecular weight is 525 g/mol. The third kappa shape index (κ3) is 4.13. The predicted molar refractivity (Wildman–Crippen MR) is 149 cm³/mol. The van der Waals surface area contributed by atoms with Gasteiger partial charge in [0.2, 0.25) is 0 Å². The van der Waals surface area contributed by atoms with Gasteiger partial charge in [-0.2, -0.15) is 9.49 Å². The van der Waals surface area contributed by atoms with Crippen molar-refractivity contribution < 1.29 is 9.13 Å². The second-order valence-electron chi connectivity index (χ2n) is 9.67.